The molecular formula is C76H145F2N9O10. The number of halogens is 2. The number of carbonyl (C=O) groups is 5. The largest absolute Gasteiger partial charge is 0.503 e. The number of amides is 2. The van der Waals surface area contributed by atoms with Crippen molar-refractivity contribution in [3.05, 3.63) is 63.1 Å². The Hall–Kier alpha value is -4.90. The molecule has 21 heteroatoms. The lowest BCUT2D eigenvalue weighted by molar-refractivity contribution is -0.156. The average molecular weight is 1380 g/mol. The van der Waals surface area contributed by atoms with Crippen LogP contribution in [0.25, 0.3) is 0 Å². The second-order valence-corrected chi connectivity index (χ2v) is 29.0. The number of hydrogen-bond donors (Lipinski definition) is 7. The highest BCUT2D eigenvalue weighted by Crippen LogP contribution is 2.30. The van der Waals surface area contributed by atoms with E-state index in [9.17, 15) is 42.7 Å². The van der Waals surface area contributed by atoms with Gasteiger partial charge in [-0.25, -0.2) is 8.78 Å². The third-order valence-electron chi connectivity index (χ3n) is 15.4. The van der Waals surface area contributed by atoms with E-state index >= 15 is 0 Å². The molecule has 3 aliphatic rings. The van der Waals surface area contributed by atoms with E-state index in [2.05, 4.69) is 88.5 Å². The first kappa shape index (κ1) is 98.5. The van der Waals surface area contributed by atoms with Crippen LogP contribution in [0.2, 0.25) is 0 Å². The Morgan fingerprint density at radius 1 is 0.722 bits per heavy atom. The molecule has 568 valence electrons. The molecule has 4 heterocycles. The number of nitrogens with two attached hydrogens (primary N) is 2. The Morgan fingerprint density at radius 2 is 1.21 bits per heavy atom. The number of pyridine rings is 1. The van der Waals surface area contributed by atoms with Gasteiger partial charge in [0.2, 0.25) is 5.43 Å². The van der Waals surface area contributed by atoms with Crippen LogP contribution in [0.4, 0.5) is 8.78 Å². The normalized spacial score (nSPS) is 16.1. The summed E-state index contributed by atoms with van der Waals surface area (Å²) in [5.41, 5.74) is 8.67. The third-order valence-corrected chi connectivity index (χ3v) is 15.4. The maximum atomic E-state index is 13.9. The topological polar surface area (TPSA) is 262 Å². The zero-order chi connectivity index (χ0) is 74.1. The lowest BCUT2D eigenvalue weighted by Crippen LogP contribution is -2.57. The summed E-state index contributed by atoms with van der Waals surface area (Å²) in [5.74, 6) is 0.662. The quantitative estimate of drug-likeness (QED) is 0.0308. The van der Waals surface area contributed by atoms with E-state index in [1.54, 1.807) is 4.90 Å². The predicted octanol–water partition coefficient (Wildman–Crippen LogP) is 13.5. The van der Waals surface area contributed by atoms with Crippen LogP contribution in [0, 0.1) is 59.0 Å². The fourth-order valence-corrected chi connectivity index (χ4v) is 9.77. The van der Waals surface area contributed by atoms with E-state index in [4.69, 9.17) is 25.7 Å². The fourth-order valence-electron chi connectivity index (χ4n) is 9.77. The van der Waals surface area contributed by atoms with Gasteiger partial charge in [-0.3, -0.25) is 28.9 Å². The van der Waals surface area contributed by atoms with Crippen molar-refractivity contribution in [3.63, 3.8) is 0 Å². The number of carbonyl (C=O) groups excluding carboxylic acids is 5. The molecule has 0 bridgehead atoms. The van der Waals surface area contributed by atoms with Gasteiger partial charge in [0.1, 0.15) is 40.9 Å². The number of nitrogens with zero attached hydrogens (tertiary/aromatic N) is 3. The summed E-state index contributed by atoms with van der Waals surface area (Å²) in [6.07, 6.45) is 16.9. The highest BCUT2D eigenvalue weighted by atomic mass is 19.1. The summed E-state index contributed by atoms with van der Waals surface area (Å²) >= 11 is 0. The number of esters is 2. The van der Waals surface area contributed by atoms with E-state index in [1.807, 2.05) is 90.4 Å². The molecule has 6 atom stereocenters. The third kappa shape index (κ3) is 50.1. The highest BCUT2D eigenvalue weighted by Gasteiger charge is 2.41. The smallest absolute Gasteiger partial charge is 0.306 e. The average Bonchev–Trinajstić information content (AvgIpc) is 1.63. The van der Waals surface area contributed by atoms with Crippen LogP contribution in [-0.4, -0.2) is 154 Å². The predicted molar refractivity (Wildman–Crippen MR) is 398 cm³/mol. The van der Waals surface area contributed by atoms with Gasteiger partial charge >= 0.3 is 11.9 Å². The van der Waals surface area contributed by atoms with Crippen LogP contribution in [0.15, 0.2) is 29.2 Å². The number of fused-ring (bicyclic) bond motifs is 2. The Balaban J connectivity index is -0.000000584. The molecule has 2 amide bonds. The summed E-state index contributed by atoms with van der Waals surface area (Å²) in [5, 5.41) is 22.5. The van der Waals surface area contributed by atoms with E-state index in [0.29, 0.717) is 68.1 Å². The Kier molecular flexibility index (Phi) is 57.7. The number of hydrogen-bond acceptors (Lipinski definition) is 16. The van der Waals surface area contributed by atoms with Crippen molar-refractivity contribution >= 4 is 30.0 Å². The molecule has 3 aliphatic heterocycles. The van der Waals surface area contributed by atoms with Gasteiger partial charge in [0.05, 0.1) is 6.54 Å². The summed E-state index contributed by atoms with van der Waals surface area (Å²) in [4.78, 5) is 75.1. The minimum atomic E-state index is -0.970. The van der Waals surface area contributed by atoms with Crippen LogP contribution >= 0.6 is 0 Å². The number of nitrogens with one attached hydrogen (secondary N) is 4. The van der Waals surface area contributed by atoms with E-state index < -0.39 is 34.6 Å². The first-order valence-corrected chi connectivity index (χ1v) is 36.0. The Morgan fingerprint density at radius 3 is 1.62 bits per heavy atom. The molecule has 0 spiro atoms. The van der Waals surface area contributed by atoms with Crippen LogP contribution in [0.3, 0.4) is 0 Å². The number of benzene rings is 1. The number of aromatic nitrogens is 1. The molecule has 2 aromatic rings. The van der Waals surface area contributed by atoms with Gasteiger partial charge in [0.15, 0.2) is 11.4 Å². The molecule has 2 saturated heterocycles. The molecule has 19 nitrogen and oxygen atoms in total. The standard InChI is InChI=1S/C25H30F2N4O4.C12H25NO2.C11H23NO2.C11H25N.C6H16N2.2C4H8O.C2H6.CH4/c1-14(2)10-29-11-15(3)6-7-31-20(29)13-30-12-18(22(32)23(33)21(30)25(31)35)24(34)28-9-16-4-5-17(26)8-19(16)27;1-10(8-9-13-5)6-7-11(14)15-12(2,3)4;1-9(7-8-12)5-6-10(13)14-11(2,3)4;1-10(2)6-5-7-11(3)8-9-12-4;1-6(5-7)3-4-8-2;1-2-4-5-3-1;1-4(2)3-5;1-2;/h4-5,8,12,14-15,20,33H,6-7,9-11,13H2,1-3H3,(H,28,34);10,13H,6-9H2,1-5H3;9H,5-8,12H2,1-4H3;10-12H,5-9H2,1-4H3;6,8H,3-5,7H2,1-2H3;1-4H2;3-4H,1-2H3;1-2H3;1H4/t15-,20?;10-;9-;11-;6-;;;;/m10001..../s1. The number of rotatable bonds is 28. The van der Waals surface area contributed by atoms with E-state index in [1.165, 1.54) is 68.3 Å². The number of aldehydes is 1. The van der Waals surface area contributed by atoms with Crippen LogP contribution in [0.5, 0.6) is 5.75 Å². The maximum Gasteiger partial charge on any atom is 0.306 e. The first-order chi connectivity index (χ1) is 45.0. The molecule has 0 radical (unpaired) electrons. The van der Waals surface area contributed by atoms with Crippen molar-refractivity contribution in [1.82, 2.24) is 35.6 Å². The lowest BCUT2D eigenvalue weighted by atomic mass is 9.97. The zero-order valence-corrected chi connectivity index (χ0v) is 64.3. The molecule has 1 aromatic carbocycles. The first-order valence-electron chi connectivity index (χ1n) is 36.0. The summed E-state index contributed by atoms with van der Waals surface area (Å²) in [6, 6.07) is 2.97. The fraction of sp³-hybridized carbons (Fsp3) is 0.789. The van der Waals surface area contributed by atoms with Gasteiger partial charge in [-0.15, -0.1) is 0 Å². The Bertz CT molecular complexity index is 2420. The molecule has 9 N–H and O–H groups in total. The molecule has 1 unspecified atom stereocenters. The van der Waals surface area contributed by atoms with Crippen molar-refractivity contribution in [2.75, 3.05) is 86.7 Å². The molecule has 1 aromatic heterocycles. The van der Waals surface area contributed by atoms with Crippen LogP contribution in [0.1, 0.15) is 255 Å². The SMILES string of the molecule is C.C1CCOC1.CC.CC(C)C=O.CC(C)CN1C[C@H](C)CCN2C(=O)c3c(O)c(=O)c(C(=O)NCc4ccc(F)cc4F)cn3CC12.CNCC[C@@H](C)CCC(=O)OC(C)(C)C.CNCC[C@@H](C)CCCC(C)C.CNCC[C@@H](C)CN.C[C@H](CCN)CCC(=O)OC(C)(C)C. The van der Waals surface area contributed by atoms with E-state index in [0.717, 1.165) is 102 Å². The van der Waals surface area contributed by atoms with Gasteiger partial charge < -0.3 is 66.3 Å². The van der Waals surface area contributed by atoms with Crippen molar-refractivity contribution in [2.24, 2.45) is 58.8 Å². The second kappa shape index (κ2) is 56.8. The van der Waals surface area contributed by atoms with Gasteiger partial charge in [-0.1, -0.05) is 123 Å². The monoisotopic (exact) mass is 1380 g/mol. The molecule has 5 rings (SSSR count). The van der Waals surface area contributed by atoms with E-state index in [-0.39, 0.29) is 66.0 Å². The van der Waals surface area contributed by atoms with Crippen LogP contribution < -0.4 is 38.2 Å². The van der Waals surface area contributed by atoms with Gasteiger partial charge in [-0.05, 0) is 201 Å². The van der Waals surface area contributed by atoms with Gasteiger partial charge in [-0.2, -0.15) is 0 Å². The summed E-state index contributed by atoms with van der Waals surface area (Å²) in [7, 11) is 5.94. The minimum Gasteiger partial charge on any atom is -0.503 e. The van der Waals surface area contributed by atoms with Gasteiger partial charge in [0.25, 0.3) is 11.8 Å². The van der Waals surface area contributed by atoms with Crippen LogP contribution in [-0.2, 0) is 41.7 Å². The molecular weight excluding hydrogens is 1240 g/mol. The number of ether oxygens (including phenoxy) is 3. The summed E-state index contributed by atoms with van der Waals surface area (Å²) < 4.78 is 43.9. The summed E-state index contributed by atoms with van der Waals surface area (Å²) in [6.45, 7) is 47.7. The zero-order valence-electron chi connectivity index (χ0n) is 64.3. The molecule has 97 heavy (non-hydrogen) atoms. The molecule has 0 saturated carbocycles. The van der Waals surface area contributed by atoms with Crippen molar-refractivity contribution in [2.45, 2.75) is 259 Å². The number of aromatic hydroxyl groups is 1. The Labute approximate surface area is 589 Å². The second-order valence-electron chi connectivity index (χ2n) is 29.0. The van der Waals surface area contributed by atoms with Crippen molar-refractivity contribution in [3.8, 4) is 5.75 Å². The maximum absolute atomic E-state index is 13.9. The lowest BCUT2D eigenvalue weighted by Gasteiger charge is -2.42. The van der Waals surface area contributed by atoms with Gasteiger partial charge in [0, 0.05) is 76.0 Å². The minimum absolute atomic E-state index is 0. The highest BCUT2D eigenvalue weighted by molar-refractivity contribution is 5.99. The van der Waals surface area contributed by atoms with Crippen molar-refractivity contribution < 1.29 is 52.1 Å². The van der Waals surface area contributed by atoms with Crippen molar-refractivity contribution in [1.29, 1.82) is 0 Å². The molecule has 2 fully saturated rings. The molecule has 0 aliphatic carbocycles.